The summed E-state index contributed by atoms with van der Waals surface area (Å²) in [5, 5.41) is 9.91. The number of hydrogen-bond donors (Lipinski definition) is 2. The standard InChI is InChI=1S/C20H25FN4O3/c1-20(2,3)28-19(27)25-11-10-15-16(12-25)23-24-18(15)22-17(26)9-6-13-4-7-14(21)8-5-13/h4-5,7-8H,6,9-12H2,1-3H3,(H2,22,23,24,26). The smallest absolute Gasteiger partial charge is 0.410 e. The quantitative estimate of drug-likeness (QED) is 0.840. The molecular weight excluding hydrogens is 363 g/mol. The third kappa shape index (κ3) is 5.09. The highest BCUT2D eigenvalue weighted by molar-refractivity contribution is 5.90. The molecule has 0 saturated carbocycles. The second kappa shape index (κ2) is 8.00. The molecule has 0 unspecified atom stereocenters. The number of halogens is 1. The Morgan fingerprint density at radius 1 is 1.29 bits per heavy atom. The van der Waals surface area contributed by atoms with Crippen LogP contribution in [0.2, 0.25) is 0 Å². The van der Waals surface area contributed by atoms with Crippen molar-refractivity contribution >= 4 is 17.8 Å². The summed E-state index contributed by atoms with van der Waals surface area (Å²) >= 11 is 0. The van der Waals surface area contributed by atoms with E-state index in [-0.39, 0.29) is 24.2 Å². The van der Waals surface area contributed by atoms with Crippen molar-refractivity contribution in [1.29, 1.82) is 0 Å². The molecule has 0 atom stereocenters. The number of hydrogen-bond acceptors (Lipinski definition) is 4. The molecule has 0 radical (unpaired) electrons. The van der Waals surface area contributed by atoms with Crippen LogP contribution in [0.1, 0.15) is 44.0 Å². The number of H-pyrrole nitrogens is 1. The van der Waals surface area contributed by atoms with Crippen LogP contribution in [0.3, 0.4) is 0 Å². The van der Waals surface area contributed by atoms with Gasteiger partial charge in [-0.3, -0.25) is 9.89 Å². The number of fused-ring (bicyclic) bond motifs is 1. The van der Waals surface area contributed by atoms with Crippen molar-refractivity contribution in [2.45, 2.75) is 52.2 Å². The summed E-state index contributed by atoms with van der Waals surface area (Å²) in [7, 11) is 0. The van der Waals surface area contributed by atoms with Crippen molar-refractivity contribution < 1.29 is 18.7 Å². The van der Waals surface area contributed by atoms with Crippen molar-refractivity contribution in [2.75, 3.05) is 11.9 Å². The van der Waals surface area contributed by atoms with Gasteiger partial charge in [-0.15, -0.1) is 0 Å². The summed E-state index contributed by atoms with van der Waals surface area (Å²) in [5.41, 5.74) is 2.06. The molecule has 1 aromatic heterocycles. The van der Waals surface area contributed by atoms with E-state index >= 15 is 0 Å². The lowest BCUT2D eigenvalue weighted by atomic mass is 10.1. The van der Waals surface area contributed by atoms with Crippen LogP contribution < -0.4 is 5.32 Å². The van der Waals surface area contributed by atoms with E-state index in [2.05, 4.69) is 15.5 Å². The van der Waals surface area contributed by atoms with E-state index in [1.165, 1.54) is 12.1 Å². The minimum atomic E-state index is -0.547. The molecule has 7 nitrogen and oxygen atoms in total. The van der Waals surface area contributed by atoms with Gasteiger partial charge in [0, 0.05) is 18.5 Å². The highest BCUT2D eigenvalue weighted by Crippen LogP contribution is 2.25. The molecular formula is C20H25FN4O3. The van der Waals surface area contributed by atoms with Crippen LogP contribution in [0.15, 0.2) is 24.3 Å². The number of aryl methyl sites for hydroxylation is 1. The fraction of sp³-hybridized carbons (Fsp3) is 0.450. The second-order valence-electron chi connectivity index (χ2n) is 7.86. The number of carbonyl (C=O) groups excluding carboxylic acids is 2. The van der Waals surface area contributed by atoms with Crippen molar-refractivity contribution in [3.05, 3.63) is 46.9 Å². The Kier molecular flexibility index (Phi) is 5.67. The summed E-state index contributed by atoms with van der Waals surface area (Å²) in [6.45, 7) is 6.35. The fourth-order valence-corrected chi connectivity index (χ4v) is 3.01. The molecule has 2 heterocycles. The Bertz CT molecular complexity index is 855. The first kappa shape index (κ1) is 19.9. The molecule has 0 aliphatic carbocycles. The van der Waals surface area contributed by atoms with E-state index in [4.69, 9.17) is 4.74 Å². The number of carbonyl (C=O) groups is 2. The van der Waals surface area contributed by atoms with Gasteiger partial charge in [-0.05, 0) is 51.3 Å². The number of benzene rings is 1. The van der Waals surface area contributed by atoms with Gasteiger partial charge in [0.1, 0.15) is 11.4 Å². The van der Waals surface area contributed by atoms with E-state index in [9.17, 15) is 14.0 Å². The van der Waals surface area contributed by atoms with Gasteiger partial charge in [0.15, 0.2) is 5.82 Å². The van der Waals surface area contributed by atoms with Crippen molar-refractivity contribution in [3.8, 4) is 0 Å². The molecule has 1 aliphatic heterocycles. The minimum Gasteiger partial charge on any atom is -0.444 e. The van der Waals surface area contributed by atoms with E-state index in [1.807, 2.05) is 20.8 Å². The van der Waals surface area contributed by atoms with Crippen molar-refractivity contribution in [2.24, 2.45) is 0 Å². The number of rotatable bonds is 4. The Morgan fingerprint density at radius 2 is 2.00 bits per heavy atom. The SMILES string of the molecule is CC(C)(C)OC(=O)N1CCc2c(NC(=O)CCc3ccc(F)cc3)n[nH]c2C1. The lowest BCUT2D eigenvalue weighted by Crippen LogP contribution is -2.39. The zero-order valence-corrected chi connectivity index (χ0v) is 16.3. The number of aromatic nitrogens is 2. The van der Waals surface area contributed by atoms with Crippen LogP contribution >= 0.6 is 0 Å². The lowest BCUT2D eigenvalue weighted by molar-refractivity contribution is -0.116. The summed E-state index contributed by atoms with van der Waals surface area (Å²) in [5.74, 6) is 0.0490. The summed E-state index contributed by atoms with van der Waals surface area (Å²) in [6, 6.07) is 6.11. The van der Waals surface area contributed by atoms with Gasteiger partial charge in [-0.2, -0.15) is 5.10 Å². The Labute approximate surface area is 163 Å². The number of ether oxygens (including phenoxy) is 1. The van der Waals surface area contributed by atoms with Gasteiger partial charge in [0.05, 0.1) is 12.2 Å². The molecule has 150 valence electrons. The predicted molar refractivity (Wildman–Crippen MR) is 102 cm³/mol. The molecule has 28 heavy (non-hydrogen) atoms. The minimum absolute atomic E-state index is 0.159. The average molecular weight is 388 g/mol. The van der Waals surface area contributed by atoms with Crippen molar-refractivity contribution in [3.63, 3.8) is 0 Å². The van der Waals surface area contributed by atoms with E-state index < -0.39 is 5.60 Å². The van der Waals surface area contributed by atoms with Gasteiger partial charge in [-0.1, -0.05) is 12.1 Å². The highest BCUT2D eigenvalue weighted by atomic mass is 19.1. The Hall–Kier alpha value is -2.90. The molecule has 1 aromatic carbocycles. The maximum Gasteiger partial charge on any atom is 0.410 e. The molecule has 0 saturated heterocycles. The molecule has 0 fully saturated rings. The molecule has 0 bridgehead atoms. The molecule has 1 aliphatic rings. The first-order valence-corrected chi connectivity index (χ1v) is 9.29. The van der Waals surface area contributed by atoms with Gasteiger partial charge in [-0.25, -0.2) is 9.18 Å². The maximum atomic E-state index is 12.9. The number of amides is 2. The Morgan fingerprint density at radius 3 is 2.68 bits per heavy atom. The molecule has 8 heteroatoms. The monoisotopic (exact) mass is 388 g/mol. The predicted octanol–water partition coefficient (Wildman–Crippen LogP) is 3.41. The van der Waals surface area contributed by atoms with Crippen LogP contribution in [0, 0.1) is 5.82 Å². The van der Waals surface area contributed by atoms with Gasteiger partial charge >= 0.3 is 6.09 Å². The Balaban J connectivity index is 1.55. The van der Waals surface area contributed by atoms with Crippen LogP contribution in [0.4, 0.5) is 15.0 Å². The summed E-state index contributed by atoms with van der Waals surface area (Å²) in [4.78, 5) is 26.1. The molecule has 2 aromatic rings. The van der Waals surface area contributed by atoms with E-state index in [1.54, 1.807) is 17.0 Å². The van der Waals surface area contributed by atoms with Crippen LogP contribution in [0.5, 0.6) is 0 Å². The van der Waals surface area contributed by atoms with Crippen LogP contribution in [-0.2, 0) is 28.9 Å². The first-order valence-electron chi connectivity index (χ1n) is 9.29. The average Bonchev–Trinajstić information content (AvgIpc) is 3.02. The number of nitrogens with one attached hydrogen (secondary N) is 2. The van der Waals surface area contributed by atoms with Crippen LogP contribution in [0.25, 0.3) is 0 Å². The van der Waals surface area contributed by atoms with Gasteiger partial charge < -0.3 is 15.0 Å². The molecule has 0 spiro atoms. The van der Waals surface area contributed by atoms with Gasteiger partial charge in [0.25, 0.3) is 0 Å². The topological polar surface area (TPSA) is 87.3 Å². The fourth-order valence-electron chi connectivity index (χ4n) is 3.01. The van der Waals surface area contributed by atoms with Crippen molar-refractivity contribution in [1.82, 2.24) is 15.1 Å². The van der Waals surface area contributed by atoms with E-state index in [0.717, 1.165) is 16.8 Å². The molecule has 2 amide bonds. The van der Waals surface area contributed by atoms with Crippen LogP contribution in [-0.4, -0.2) is 39.2 Å². The maximum absolute atomic E-state index is 12.9. The lowest BCUT2D eigenvalue weighted by Gasteiger charge is -2.29. The zero-order chi connectivity index (χ0) is 20.3. The number of nitrogens with zero attached hydrogens (tertiary/aromatic N) is 2. The van der Waals surface area contributed by atoms with E-state index in [0.29, 0.717) is 31.7 Å². The number of anilines is 1. The first-order chi connectivity index (χ1) is 13.2. The summed E-state index contributed by atoms with van der Waals surface area (Å²) < 4.78 is 18.3. The summed E-state index contributed by atoms with van der Waals surface area (Å²) in [6.07, 6.45) is 1.01. The van der Waals surface area contributed by atoms with Gasteiger partial charge in [0.2, 0.25) is 5.91 Å². The molecule has 2 N–H and O–H groups in total. The highest BCUT2D eigenvalue weighted by Gasteiger charge is 2.28. The normalized spacial score (nSPS) is 13.8. The largest absolute Gasteiger partial charge is 0.444 e. The zero-order valence-electron chi connectivity index (χ0n) is 16.3. The second-order valence-corrected chi connectivity index (χ2v) is 7.86. The number of aromatic amines is 1. The third-order valence-corrected chi connectivity index (χ3v) is 4.40. The molecule has 3 rings (SSSR count). The third-order valence-electron chi connectivity index (χ3n) is 4.40.